The average Bonchev–Trinajstić information content (AvgIpc) is 3.37. The van der Waals surface area contributed by atoms with E-state index >= 15 is 0 Å². The molecule has 172 valence electrons. The maximum atomic E-state index is 12.7. The van der Waals surface area contributed by atoms with E-state index in [0.717, 1.165) is 48.5 Å². The van der Waals surface area contributed by atoms with Crippen LogP contribution in [-0.2, 0) is 14.2 Å². The van der Waals surface area contributed by atoms with Gasteiger partial charge in [-0.25, -0.2) is 0 Å². The van der Waals surface area contributed by atoms with E-state index in [1.807, 2.05) is 30.3 Å². The van der Waals surface area contributed by atoms with Crippen LogP contribution in [0, 0.1) is 5.92 Å². The Labute approximate surface area is 194 Å². The van der Waals surface area contributed by atoms with E-state index in [1.165, 1.54) is 0 Å². The Bertz CT molecular complexity index is 861. The lowest BCUT2D eigenvalue weighted by Crippen LogP contribution is -2.25. The van der Waals surface area contributed by atoms with Crippen molar-refractivity contribution in [3.05, 3.63) is 59.4 Å². The van der Waals surface area contributed by atoms with E-state index in [-0.39, 0.29) is 18.1 Å². The topological polar surface area (TPSA) is 77.9 Å². The number of Topliss-reactive ketones (excluding diaryl/α,β-unsaturated/α-hetero) is 1. The largest absolute Gasteiger partial charge is 0.392 e. The number of carbonyl (C=O) groups is 1. The van der Waals surface area contributed by atoms with Crippen molar-refractivity contribution in [3.8, 4) is 0 Å². The number of ketones is 1. The lowest BCUT2D eigenvalue weighted by molar-refractivity contribution is -0.0443. The second-order valence-electron chi connectivity index (χ2n) is 8.57. The van der Waals surface area contributed by atoms with Crippen LogP contribution in [0.1, 0.15) is 65.9 Å². The van der Waals surface area contributed by atoms with E-state index in [4.69, 9.17) is 14.2 Å². The Morgan fingerprint density at radius 1 is 1.06 bits per heavy atom. The lowest BCUT2D eigenvalue weighted by Gasteiger charge is -2.30. The Morgan fingerprint density at radius 2 is 1.78 bits per heavy atom. The van der Waals surface area contributed by atoms with Gasteiger partial charge in [0, 0.05) is 42.2 Å². The van der Waals surface area contributed by atoms with E-state index < -0.39 is 12.4 Å². The SMILES string of the molecule is O=C(CCC(O)C(CC1CCOCC1)c1ccc(S)cc1)c1ccc(C2OCCO2)cn1. The molecule has 2 unspecified atom stereocenters. The molecule has 2 aliphatic rings. The number of ether oxygens (including phenoxy) is 3. The van der Waals surface area contributed by atoms with Crippen molar-refractivity contribution in [1.82, 2.24) is 4.98 Å². The third kappa shape index (κ3) is 6.17. The highest BCUT2D eigenvalue weighted by molar-refractivity contribution is 7.80. The van der Waals surface area contributed by atoms with Crippen LogP contribution in [0.5, 0.6) is 0 Å². The van der Waals surface area contributed by atoms with Gasteiger partial charge in [0.15, 0.2) is 12.1 Å². The highest BCUT2D eigenvalue weighted by Crippen LogP contribution is 2.34. The fourth-order valence-corrected chi connectivity index (χ4v) is 4.60. The van der Waals surface area contributed by atoms with Crippen LogP contribution >= 0.6 is 12.6 Å². The van der Waals surface area contributed by atoms with Gasteiger partial charge in [0.25, 0.3) is 0 Å². The van der Waals surface area contributed by atoms with Gasteiger partial charge in [-0.2, -0.15) is 0 Å². The van der Waals surface area contributed by atoms with Crippen LogP contribution in [0.25, 0.3) is 0 Å². The summed E-state index contributed by atoms with van der Waals surface area (Å²) in [6.07, 6.45) is 4.18. The van der Waals surface area contributed by atoms with Crippen molar-refractivity contribution in [3.63, 3.8) is 0 Å². The Hall–Kier alpha value is -1.77. The van der Waals surface area contributed by atoms with E-state index in [0.29, 0.717) is 31.2 Å². The van der Waals surface area contributed by atoms with Crippen LogP contribution in [0.2, 0.25) is 0 Å². The molecule has 1 aromatic heterocycles. The zero-order valence-corrected chi connectivity index (χ0v) is 19.1. The number of hydrogen-bond acceptors (Lipinski definition) is 7. The van der Waals surface area contributed by atoms with Crippen molar-refractivity contribution >= 4 is 18.4 Å². The molecule has 2 saturated heterocycles. The van der Waals surface area contributed by atoms with Crippen LogP contribution in [-0.4, -0.2) is 48.4 Å². The van der Waals surface area contributed by atoms with Gasteiger partial charge in [-0.15, -0.1) is 12.6 Å². The minimum atomic E-state index is -0.605. The normalized spacial score (nSPS) is 19.7. The summed E-state index contributed by atoms with van der Waals surface area (Å²) in [5.41, 5.74) is 2.30. The van der Waals surface area contributed by atoms with Crippen molar-refractivity contribution in [2.75, 3.05) is 26.4 Å². The first-order valence-electron chi connectivity index (χ1n) is 11.4. The minimum absolute atomic E-state index is 0.0215. The number of aromatic nitrogens is 1. The predicted molar refractivity (Wildman–Crippen MR) is 123 cm³/mol. The molecule has 2 atom stereocenters. The molecule has 3 heterocycles. The van der Waals surface area contributed by atoms with Crippen LogP contribution in [0.15, 0.2) is 47.5 Å². The first-order valence-corrected chi connectivity index (χ1v) is 11.8. The number of aliphatic hydroxyl groups is 1. The molecule has 7 heteroatoms. The average molecular weight is 458 g/mol. The molecule has 0 spiro atoms. The first-order chi connectivity index (χ1) is 15.6. The van der Waals surface area contributed by atoms with Gasteiger partial charge in [0.1, 0.15) is 5.69 Å². The fourth-order valence-electron chi connectivity index (χ4n) is 4.45. The van der Waals surface area contributed by atoms with Crippen LogP contribution in [0.3, 0.4) is 0 Å². The fraction of sp³-hybridized carbons (Fsp3) is 0.520. The standard InChI is InChI=1S/C25H31NO5S/c27-23(7-8-24(28)22-6-3-19(16-26-22)25-30-13-14-31-25)21(15-17-9-11-29-12-10-17)18-1-4-20(32)5-2-18/h1-6,16-17,21,23,25,27,32H,7-15H2. The molecule has 2 fully saturated rings. The van der Waals surface area contributed by atoms with Crippen molar-refractivity contribution in [2.45, 2.75) is 55.3 Å². The second kappa shape index (κ2) is 11.4. The number of rotatable bonds is 9. The molecule has 1 N–H and O–H groups in total. The van der Waals surface area contributed by atoms with Gasteiger partial charge in [0.2, 0.25) is 0 Å². The molecule has 4 rings (SSSR count). The molecular weight excluding hydrogens is 426 g/mol. The highest BCUT2D eigenvalue weighted by atomic mass is 32.1. The summed E-state index contributed by atoms with van der Waals surface area (Å²) in [7, 11) is 0. The third-order valence-electron chi connectivity index (χ3n) is 6.35. The van der Waals surface area contributed by atoms with Gasteiger partial charge in [-0.1, -0.05) is 18.2 Å². The molecule has 6 nitrogen and oxygen atoms in total. The first kappa shape index (κ1) is 23.4. The monoisotopic (exact) mass is 457 g/mol. The summed E-state index contributed by atoms with van der Waals surface area (Å²) in [5, 5.41) is 11.1. The van der Waals surface area contributed by atoms with Crippen molar-refractivity contribution < 1.29 is 24.1 Å². The summed E-state index contributed by atoms with van der Waals surface area (Å²) >= 11 is 4.38. The van der Waals surface area contributed by atoms with Gasteiger partial charge >= 0.3 is 0 Å². The van der Waals surface area contributed by atoms with Crippen LogP contribution < -0.4 is 0 Å². The maximum absolute atomic E-state index is 12.7. The summed E-state index contributed by atoms with van der Waals surface area (Å²) in [6, 6.07) is 11.5. The van der Waals surface area contributed by atoms with E-state index in [2.05, 4.69) is 17.6 Å². The van der Waals surface area contributed by atoms with E-state index in [9.17, 15) is 9.90 Å². The third-order valence-corrected chi connectivity index (χ3v) is 6.65. The van der Waals surface area contributed by atoms with Crippen molar-refractivity contribution in [2.24, 2.45) is 5.92 Å². The molecule has 0 radical (unpaired) electrons. The van der Waals surface area contributed by atoms with Gasteiger partial charge in [-0.3, -0.25) is 9.78 Å². The summed E-state index contributed by atoms with van der Waals surface area (Å²) in [5.74, 6) is 0.426. The minimum Gasteiger partial charge on any atom is -0.392 e. The zero-order chi connectivity index (χ0) is 22.3. The quantitative estimate of drug-likeness (QED) is 0.431. The molecule has 2 aromatic rings. The summed E-state index contributed by atoms with van der Waals surface area (Å²) < 4.78 is 16.4. The molecule has 0 aliphatic carbocycles. The zero-order valence-electron chi connectivity index (χ0n) is 18.2. The summed E-state index contributed by atoms with van der Waals surface area (Å²) in [6.45, 7) is 2.68. The molecule has 0 bridgehead atoms. The molecular formula is C25H31NO5S. The van der Waals surface area contributed by atoms with Crippen molar-refractivity contribution in [1.29, 1.82) is 0 Å². The van der Waals surface area contributed by atoms with Gasteiger partial charge in [-0.05, 0) is 55.4 Å². The number of benzene rings is 1. The molecule has 0 amide bonds. The van der Waals surface area contributed by atoms with Gasteiger partial charge < -0.3 is 19.3 Å². The maximum Gasteiger partial charge on any atom is 0.185 e. The molecule has 2 aliphatic heterocycles. The Morgan fingerprint density at radius 3 is 2.44 bits per heavy atom. The predicted octanol–water partition coefficient (Wildman–Crippen LogP) is 4.34. The highest BCUT2D eigenvalue weighted by Gasteiger charge is 2.27. The number of pyridine rings is 1. The van der Waals surface area contributed by atoms with Crippen LogP contribution in [0.4, 0.5) is 0 Å². The molecule has 0 saturated carbocycles. The lowest BCUT2D eigenvalue weighted by atomic mass is 9.80. The Kier molecular flexibility index (Phi) is 8.32. The number of nitrogens with zero attached hydrogens (tertiary/aromatic N) is 1. The number of thiol groups is 1. The Balaban J connectivity index is 1.37. The number of carbonyl (C=O) groups excluding carboxylic acids is 1. The molecule has 1 aromatic carbocycles. The number of aliphatic hydroxyl groups excluding tert-OH is 1. The van der Waals surface area contributed by atoms with Gasteiger partial charge in [0.05, 0.1) is 19.3 Å². The van der Waals surface area contributed by atoms with E-state index in [1.54, 1.807) is 12.3 Å². The summed E-state index contributed by atoms with van der Waals surface area (Å²) in [4.78, 5) is 17.9. The number of hydrogen-bond donors (Lipinski definition) is 2. The molecule has 32 heavy (non-hydrogen) atoms. The second-order valence-corrected chi connectivity index (χ2v) is 9.09. The smallest absolute Gasteiger partial charge is 0.185 e.